The molecule has 0 atom stereocenters. The lowest BCUT2D eigenvalue weighted by molar-refractivity contribution is 1.31. The van der Waals surface area contributed by atoms with E-state index in [0.717, 1.165) is 4.90 Å². The molecule has 0 aromatic heterocycles. The van der Waals surface area contributed by atoms with Gasteiger partial charge in [0.15, 0.2) is 0 Å². The second-order valence-corrected chi connectivity index (χ2v) is 7.40. The number of thioether (sulfide) groups is 1. The highest BCUT2D eigenvalue weighted by molar-refractivity contribution is 7.99. The van der Waals surface area contributed by atoms with Gasteiger partial charge in [0.25, 0.3) is 0 Å². The number of thiol groups is 1. The van der Waals surface area contributed by atoms with Gasteiger partial charge in [0, 0.05) is 19.6 Å². The highest BCUT2D eigenvalue weighted by Gasteiger charge is 2.05. The summed E-state index contributed by atoms with van der Waals surface area (Å²) in [5.74, 6) is 0. The fourth-order valence-electron chi connectivity index (χ4n) is 2.20. The first-order valence-corrected chi connectivity index (χ1v) is 9.45. The average molecular weight is 341 g/mol. The molecule has 3 aromatic rings. The molecule has 3 aromatic carbocycles. The molecule has 3 heteroatoms. The molecule has 0 unspecified atom stereocenters. The van der Waals surface area contributed by atoms with Crippen molar-refractivity contribution in [2.45, 2.75) is 19.6 Å². The van der Waals surface area contributed by atoms with Gasteiger partial charge in [-0.15, -0.1) is 24.4 Å². The minimum atomic E-state index is 0.993. The van der Waals surface area contributed by atoms with Crippen molar-refractivity contribution in [3.05, 3.63) is 72.8 Å². The third-order valence-corrected chi connectivity index (χ3v) is 5.28. The van der Waals surface area contributed by atoms with Crippen LogP contribution in [0.1, 0.15) is 0 Å². The van der Waals surface area contributed by atoms with Gasteiger partial charge in [0.05, 0.1) is 0 Å². The van der Waals surface area contributed by atoms with E-state index in [1.807, 2.05) is 12.1 Å². The predicted octanol–water partition coefficient (Wildman–Crippen LogP) is 6.52. The van der Waals surface area contributed by atoms with Crippen molar-refractivity contribution in [3.63, 3.8) is 0 Å². The Kier molecular flexibility index (Phi) is 5.19. The molecule has 0 saturated heterocycles. The summed E-state index contributed by atoms with van der Waals surface area (Å²) >= 11 is 7.91. The Bertz CT molecular complexity index is 749. The molecule has 22 heavy (non-hydrogen) atoms. The molecular formula is C19H16S3. The highest BCUT2D eigenvalue weighted by atomic mass is 32.2. The van der Waals surface area contributed by atoms with Gasteiger partial charge in [0.2, 0.25) is 0 Å². The smallest absolute Gasteiger partial charge is 0.0139 e. The molecular weight excluding hydrogens is 324 g/mol. The topological polar surface area (TPSA) is 0 Å². The molecule has 0 saturated carbocycles. The van der Waals surface area contributed by atoms with E-state index in [1.54, 1.807) is 23.5 Å². The van der Waals surface area contributed by atoms with Crippen LogP contribution in [0, 0.1) is 0 Å². The second kappa shape index (κ2) is 7.32. The summed E-state index contributed by atoms with van der Waals surface area (Å²) in [5, 5.41) is 0. The van der Waals surface area contributed by atoms with Crippen molar-refractivity contribution in [3.8, 4) is 11.1 Å². The molecule has 0 radical (unpaired) electrons. The van der Waals surface area contributed by atoms with Gasteiger partial charge in [-0.25, -0.2) is 0 Å². The Balaban J connectivity index is 1.95. The highest BCUT2D eigenvalue weighted by Crippen LogP contribution is 2.34. The quantitative estimate of drug-likeness (QED) is 0.424. The van der Waals surface area contributed by atoms with E-state index in [4.69, 9.17) is 0 Å². The summed E-state index contributed by atoms with van der Waals surface area (Å²) in [6.45, 7) is 0. The number of hydrogen-bond donors (Lipinski definition) is 1. The SMILES string of the molecule is CSc1cc(Sc2ccc(S)cc2)cc(-c2ccccc2)c1. The molecule has 110 valence electrons. The molecule has 3 rings (SSSR count). The summed E-state index contributed by atoms with van der Waals surface area (Å²) in [6, 6.07) is 25.6. The maximum absolute atomic E-state index is 4.34. The van der Waals surface area contributed by atoms with Gasteiger partial charge in [-0.3, -0.25) is 0 Å². The molecule has 0 aliphatic heterocycles. The molecule has 0 N–H and O–H groups in total. The Morgan fingerprint density at radius 1 is 0.682 bits per heavy atom. The molecule has 0 fully saturated rings. The van der Waals surface area contributed by atoms with Crippen molar-refractivity contribution < 1.29 is 0 Å². The van der Waals surface area contributed by atoms with Gasteiger partial charge < -0.3 is 0 Å². The molecule has 0 amide bonds. The molecule has 0 aliphatic rings. The zero-order valence-corrected chi connectivity index (χ0v) is 14.7. The van der Waals surface area contributed by atoms with Crippen molar-refractivity contribution in [1.82, 2.24) is 0 Å². The normalized spacial score (nSPS) is 10.6. The lowest BCUT2D eigenvalue weighted by Crippen LogP contribution is -1.82. The molecule has 0 nitrogen and oxygen atoms in total. The maximum Gasteiger partial charge on any atom is 0.0139 e. The molecule has 0 aliphatic carbocycles. The molecule has 0 heterocycles. The van der Waals surface area contributed by atoms with Crippen LogP contribution in [-0.4, -0.2) is 6.26 Å². The van der Waals surface area contributed by atoms with E-state index in [2.05, 4.69) is 79.5 Å². The zero-order valence-electron chi connectivity index (χ0n) is 12.2. The first-order valence-electron chi connectivity index (χ1n) is 6.96. The van der Waals surface area contributed by atoms with Crippen LogP contribution < -0.4 is 0 Å². The van der Waals surface area contributed by atoms with Crippen molar-refractivity contribution in [1.29, 1.82) is 0 Å². The fraction of sp³-hybridized carbons (Fsp3) is 0.0526. The summed E-state index contributed by atoms with van der Waals surface area (Å²) in [5.41, 5.74) is 2.52. The second-order valence-electron chi connectivity index (χ2n) is 4.86. The zero-order chi connectivity index (χ0) is 15.4. The third-order valence-electron chi connectivity index (χ3n) is 3.30. The Morgan fingerprint density at radius 3 is 2.05 bits per heavy atom. The largest absolute Gasteiger partial charge is 0.143 e. The lowest BCUT2D eigenvalue weighted by atomic mass is 10.1. The fourth-order valence-corrected chi connectivity index (χ4v) is 3.83. The van der Waals surface area contributed by atoms with Gasteiger partial charge >= 0.3 is 0 Å². The van der Waals surface area contributed by atoms with Gasteiger partial charge in [0.1, 0.15) is 0 Å². The van der Waals surface area contributed by atoms with Crippen LogP contribution in [-0.2, 0) is 0 Å². The summed E-state index contributed by atoms with van der Waals surface area (Å²) in [4.78, 5) is 4.77. The minimum Gasteiger partial charge on any atom is -0.143 e. The van der Waals surface area contributed by atoms with Crippen molar-refractivity contribution >= 4 is 36.2 Å². The number of rotatable bonds is 4. The summed E-state index contributed by atoms with van der Waals surface area (Å²) in [6.07, 6.45) is 2.12. The molecule has 0 bridgehead atoms. The van der Waals surface area contributed by atoms with E-state index in [9.17, 15) is 0 Å². The first kappa shape index (κ1) is 15.6. The van der Waals surface area contributed by atoms with Gasteiger partial charge in [-0.2, -0.15) is 0 Å². The third kappa shape index (κ3) is 3.92. The Morgan fingerprint density at radius 2 is 1.36 bits per heavy atom. The monoisotopic (exact) mass is 340 g/mol. The van der Waals surface area contributed by atoms with E-state index >= 15 is 0 Å². The van der Waals surface area contributed by atoms with E-state index < -0.39 is 0 Å². The standard InChI is InChI=1S/C19H16S3/c1-21-18-11-15(14-5-3-2-4-6-14)12-19(13-18)22-17-9-7-16(20)8-10-17/h2-13,20H,1H3. The first-order chi connectivity index (χ1) is 10.7. The maximum atomic E-state index is 4.34. The summed E-state index contributed by atoms with van der Waals surface area (Å²) < 4.78 is 0. The van der Waals surface area contributed by atoms with E-state index in [1.165, 1.54) is 25.8 Å². The van der Waals surface area contributed by atoms with Crippen LogP contribution in [0.4, 0.5) is 0 Å². The van der Waals surface area contributed by atoms with E-state index in [-0.39, 0.29) is 0 Å². The van der Waals surface area contributed by atoms with Crippen LogP contribution in [0.3, 0.4) is 0 Å². The Hall–Kier alpha value is -1.29. The lowest BCUT2D eigenvalue weighted by Gasteiger charge is -2.09. The van der Waals surface area contributed by atoms with Crippen LogP contribution in [0.15, 0.2) is 92.4 Å². The minimum absolute atomic E-state index is 0.993. The van der Waals surface area contributed by atoms with Gasteiger partial charge in [-0.05, 0) is 59.8 Å². The van der Waals surface area contributed by atoms with Crippen molar-refractivity contribution in [2.75, 3.05) is 6.26 Å². The van der Waals surface area contributed by atoms with Gasteiger partial charge in [-0.1, -0.05) is 42.1 Å². The summed E-state index contributed by atoms with van der Waals surface area (Å²) in [7, 11) is 0. The van der Waals surface area contributed by atoms with Crippen LogP contribution in [0.25, 0.3) is 11.1 Å². The number of benzene rings is 3. The van der Waals surface area contributed by atoms with Crippen molar-refractivity contribution in [2.24, 2.45) is 0 Å². The van der Waals surface area contributed by atoms with Crippen LogP contribution >= 0.6 is 36.2 Å². The predicted molar refractivity (Wildman–Crippen MR) is 101 cm³/mol. The van der Waals surface area contributed by atoms with Crippen LogP contribution in [0.2, 0.25) is 0 Å². The Labute approximate surface area is 145 Å². The average Bonchev–Trinajstić information content (AvgIpc) is 2.57. The molecule has 0 spiro atoms. The van der Waals surface area contributed by atoms with E-state index in [0.29, 0.717) is 0 Å². The number of hydrogen-bond acceptors (Lipinski definition) is 3. The van der Waals surface area contributed by atoms with Crippen LogP contribution in [0.5, 0.6) is 0 Å².